The lowest BCUT2D eigenvalue weighted by molar-refractivity contribution is 0.919. The Morgan fingerprint density at radius 1 is 1.54 bits per heavy atom. The van der Waals surface area contributed by atoms with Gasteiger partial charge in [-0.05, 0) is 28.1 Å². The van der Waals surface area contributed by atoms with Crippen molar-refractivity contribution in [3.63, 3.8) is 0 Å². The molecule has 0 aliphatic heterocycles. The first-order valence-corrected chi connectivity index (χ1v) is 5.19. The second-order valence-corrected chi connectivity index (χ2v) is 4.15. The van der Waals surface area contributed by atoms with Gasteiger partial charge in [-0.25, -0.2) is 8.96 Å². The highest BCUT2D eigenvalue weighted by Gasteiger charge is 2.08. The lowest BCUT2D eigenvalue weighted by Crippen LogP contribution is -1.83. The maximum absolute atomic E-state index is 12.4. The third-order valence-electron chi connectivity index (χ3n) is 1.61. The van der Waals surface area contributed by atoms with Crippen LogP contribution in [-0.4, -0.2) is 8.96 Å². The molecule has 2 aromatic rings. The molecule has 0 unspecified atom stereocenters. The molecule has 0 aromatic carbocycles. The fourth-order valence-corrected chi connectivity index (χ4v) is 2.21. The number of hydrogen-bond acceptors (Lipinski definition) is 2. The van der Waals surface area contributed by atoms with Crippen LogP contribution in [0.4, 0.5) is 3.89 Å². The van der Waals surface area contributed by atoms with Crippen molar-refractivity contribution in [3.05, 3.63) is 28.0 Å². The van der Waals surface area contributed by atoms with E-state index in [1.807, 2.05) is 0 Å². The maximum atomic E-state index is 12.4. The molecular formula is C7H3BrClFN2S. The number of rotatable bonds is 1. The summed E-state index contributed by atoms with van der Waals surface area (Å²) in [7, 11) is 0. The van der Waals surface area contributed by atoms with Gasteiger partial charge in [0.05, 0.1) is 0 Å². The molecule has 0 atom stereocenters. The first-order valence-electron chi connectivity index (χ1n) is 3.34. The van der Waals surface area contributed by atoms with E-state index in [1.54, 1.807) is 18.3 Å². The Morgan fingerprint density at radius 2 is 2.31 bits per heavy atom. The minimum atomic E-state index is 0.0933. The largest absolute Gasteiger partial charge is 0.246 e. The van der Waals surface area contributed by atoms with E-state index in [-0.39, 0.29) is 12.3 Å². The van der Waals surface area contributed by atoms with E-state index in [0.29, 0.717) is 10.8 Å². The van der Waals surface area contributed by atoms with E-state index in [2.05, 4.69) is 20.9 Å². The van der Waals surface area contributed by atoms with Gasteiger partial charge < -0.3 is 0 Å². The summed E-state index contributed by atoms with van der Waals surface area (Å²) in [6.45, 7) is 0. The van der Waals surface area contributed by atoms with Gasteiger partial charge in [0.1, 0.15) is 5.15 Å². The highest BCUT2D eigenvalue weighted by molar-refractivity contribution is 9.10. The number of fused-ring (bicyclic) bond motifs is 1. The van der Waals surface area contributed by atoms with Gasteiger partial charge in [-0.15, -0.1) is 3.89 Å². The van der Waals surface area contributed by atoms with Crippen molar-refractivity contribution in [2.45, 2.75) is 0 Å². The fourth-order valence-electron chi connectivity index (χ4n) is 1.07. The van der Waals surface area contributed by atoms with Crippen LogP contribution < -0.4 is 0 Å². The van der Waals surface area contributed by atoms with Gasteiger partial charge in [0, 0.05) is 16.1 Å². The SMILES string of the molecule is FSn1cc(Br)c2ccc(Cl)nc21. The van der Waals surface area contributed by atoms with Crippen molar-refractivity contribution in [2.75, 3.05) is 0 Å². The molecule has 2 heterocycles. The zero-order chi connectivity index (χ0) is 9.42. The van der Waals surface area contributed by atoms with Crippen molar-refractivity contribution in [1.29, 1.82) is 0 Å². The molecular weight excluding hydrogens is 279 g/mol. The number of nitrogens with zero attached hydrogens (tertiary/aromatic N) is 2. The predicted molar refractivity (Wildman–Crippen MR) is 56.5 cm³/mol. The Labute approximate surface area is 91.6 Å². The van der Waals surface area contributed by atoms with Crippen molar-refractivity contribution < 1.29 is 3.89 Å². The highest BCUT2D eigenvalue weighted by atomic mass is 79.9. The molecule has 0 aliphatic carbocycles. The normalized spacial score (nSPS) is 11.0. The smallest absolute Gasteiger partial charge is 0.171 e. The summed E-state index contributed by atoms with van der Waals surface area (Å²) in [5.74, 6) is 0. The van der Waals surface area contributed by atoms with Crippen LogP contribution in [0.2, 0.25) is 5.15 Å². The molecule has 68 valence electrons. The minimum Gasteiger partial charge on any atom is -0.246 e. The summed E-state index contributed by atoms with van der Waals surface area (Å²) in [6.07, 6.45) is 1.61. The lowest BCUT2D eigenvalue weighted by atomic mass is 10.3. The number of halogens is 3. The summed E-state index contributed by atoms with van der Waals surface area (Å²) in [6, 6.07) is 3.46. The van der Waals surface area contributed by atoms with E-state index in [9.17, 15) is 3.89 Å². The maximum Gasteiger partial charge on any atom is 0.171 e. The molecule has 0 radical (unpaired) electrons. The fraction of sp³-hybridized carbons (Fsp3) is 0. The summed E-state index contributed by atoms with van der Waals surface area (Å²) in [4.78, 5) is 4.00. The highest BCUT2D eigenvalue weighted by Crippen LogP contribution is 2.29. The van der Waals surface area contributed by atoms with Gasteiger partial charge in [-0.2, -0.15) is 0 Å². The van der Waals surface area contributed by atoms with Gasteiger partial charge >= 0.3 is 0 Å². The summed E-state index contributed by atoms with van der Waals surface area (Å²) < 4.78 is 14.5. The number of pyridine rings is 1. The molecule has 6 heteroatoms. The summed E-state index contributed by atoms with van der Waals surface area (Å²) in [5.41, 5.74) is 0.520. The molecule has 13 heavy (non-hydrogen) atoms. The third-order valence-corrected chi connectivity index (χ3v) is 2.88. The van der Waals surface area contributed by atoms with Crippen LogP contribution in [0.15, 0.2) is 22.8 Å². The molecule has 2 aromatic heterocycles. The molecule has 0 spiro atoms. The van der Waals surface area contributed by atoms with Crippen LogP contribution in [0.3, 0.4) is 0 Å². The third kappa shape index (κ3) is 1.56. The monoisotopic (exact) mass is 280 g/mol. The first kappa shape index (κ1) is 9.30. The average Bonchev–Trinajstić information content (AvgIpc) is 2.42. The quantitative estimate of drug-likeness (QED) is 0.739. The molecule has 0 amide bonds. The van der Waals surface area contributed by atoms with Crippen molar-refractivity contribution in [2.24, 2.45) is 0 Å². The van der Waals surface area contributed by atoms with Gasteiger partial charge in [-0.3, -0.25) is 0 Å². The van der Waals surface area contributed by atoms with Crippen molar-refractivity contribution in [3.8, 4) is 0 Å². The molecule has 0 bridgehead atoms. The zero-order valence-corrected chi connectivity index (χ0v) is 9.33. The van der Waals surface area contributed by atoms with Gasteiger partial charge in [0.25, 0.3) is 0 Å². The van der Waals surface area contributed by atoms with E-state index in [0.717, 1.165) is 9.86 Å². The van der Waals surface area contributed by atoms with Crippen LogP contribution in [0.1, 0.15) is 0 Å². The standard InChI is InChI=1S/C7H3BrClFN2S/c8-5-3-12(13-10)7-4(5)1-2-6(9)11-7/h1-3H. The summed E-state index contributed by atoms with van der Waals surface area (Å²) in [5, 5.41) is 1.20. The zero-order valence-electron chi connectivity index (χ0n) is 6.17. The van der Waals surface area contributed by atoms with Gasteiger partial charge in [0.2, 0.25) is 0 Å². The minimum absolute atomic E-state index is 0.0933. The Morgan fingerprint density at radius 3 is 3.00 bits per heavy atom. The summed E-state index contributed by atoms with van der Waals surface area (Å²) >= 11 is 9.08. The van der Waals surface area contributed by atoms with Crippen LogP contribution >= 0.6 is 39.9 Å². The van der Waals surface area contributed by atoms with Crippen LogP contribution in [0.5, 0.6) is 0 Å². The topological polar surface area (TPSA) is 17.8 Å². The number of aromatic nitrogens is 2. The Balaban J connectivity index is 2.81. The van der Waals surface area contributed by atoms with E-state index >= 15 is 0 Å². The molecule has 0 N–H and O–H groups in total. The Hall–Kier alpha value is -0.260. The molecule has 2 nitrogen and oxygen atoms in total. The number of hydrogen-bond donors (Lipinski definition) is 0. The molecule has 0 aliphatic rings. The van der Waals surface area contributed by atoms with Crippen LogP contribution in [0.25, 0.3) is 11.0 Å². The van der Waals surface area contributed by atoms with E-state index in [1.165, 1.54) is 3.97 Å². The molecule has 0 saturated carbocycles. The van der Waals surface area contributed by atoms with Gasteiger partial charge in [-0.1, -0.05) is 11.6 Å². The predicted octanol–water partition coefficient (Wildman–Crippen LogP) is 3.83. The van der Waals surface area contributed by atoms with Gasteiger partial charge in [0.15, 0.2) is 18.0 Å². The lowest BCUT2D eigenvalue weighted by Gasteiger charge is -1.94. The Kier molecular flexibility index (Phi) is 2.49. The second kappa shape index (κ2) is 3.48. The van der Waals surface area contributed by atoms with Crippen molar-refractivity contribution >= 4 is 50.9 Å². The van der Waals surface area contributed by atoms with E-state index in [4.69, 9.17) is 11.6 Å². The first-order chi connectivity index (χ1) is 6.22. The van der Waals surface area contributed by atoms with E-state index < -0.39 is 0 Å². The van der Waals surface area contributed by atoms with Crippen molar-refractivity contribution in [1.82, 2.24) is 8.96 Å². The molecule has 2 rings (SSSR count). The molecule has 0 fully saturated rings. The van der Waals surface area contributed by atoms with Crippen LogP contribution in [-0.2, 0) is 0 Å². The Bertz CT molecular complexity index is 459. The molecule has 0 saturated heterocycles. The van der Waals surface area contributed by atoms with Crippen LogP contribution in [0, 0.1) is 0 Å². The average molecular weight is 282 g/mol. The second-order valence-electron chi connectivity index (χ2n) is 2.38.